The Morgan fingerprint density at radius 1 is 0.537 bits per heavy atom. The van der Waals surface area contributed by atoms with E-state index in [4.69, 9.17) is 19.3 Å². The maximum absolute atomic E-state index is 9.32. The van der Waals surface area contributed by atoms with Crippen LogP contribution in [0.5, 0.6) is 11.5 Å². The second kappa shape index (κ2) is 20.8. The molecule has 13 rings (SSSR count). The summed E-state index contributed by atoms with van der Waals surface area (Å²) in [5.74, 6) is 0.917. The second-order valence-electron chi connectivity index (χ2n) is 25.0. The molecular formula is C76H69N4OPt-3. The molecule has 6 heteroatoms. The van der Waals surface area contributed by atoms with E-state index >= 15 is 0 Å². The molecule has 0 atom stereocenters. The van der Waals surface area contributed by atoms with Crippen LogP contribution in [0.4, 0.5) is 22.7 Å². The van der Waals surface area contributed by atoms with Crippen LogP contribution in [0.3, 0.4) is 0 Å². The first-order valence-corrected chi connectivity index (χ1v) is 27.9. The van der Waals surface area contributed by atoms with E-state index in [1.165, 1.54) is 22.9 Å². The molecule has 11 aromatic rings. The molecule has 0 fully saturated rings. The van der Waals surface area contributed by atoms with Crippen LogP contribution in [-0.4, -0.2) is 9.55 Å². The minimum absolute atomic E-state index is 0. The van der Waals surface area contributed by atoms with Crippen molar-refractivity contribution in [3.05, 3.63) is 247 Å². The maximum Gasteiger partial charge on any atom is 0.135 e. The summed E-state index contributed by atoms with van der Waals surface area (Å²) in [4.78, 5) is 9.34. The largest absolute Gasteiger partial charge is 0.509 e. The minimum atomic E-state index is -0.676. The number of hydrogen-bond acceptors (Lipinski definition) is 4. The van der Waals surface area contributed by atoms with Crippen LogP contribution >= 0.6 is 0 Å². The maximum atomic E-state index is 9.32. The van der Waals surface area contributed by atoms with Crippen molar-refractivity contribution in [1.29, 1.82) is 0 Å². The molecule has 0 saturated heterocycles. The number of benzene rings is 9. The molecule has 0 radical (unpaired) electrons. The van der Waals surface area contributed by atoms with E-state index in [2.05, 4.69) is 174 Å². The van der Waals surface area contributed by atoms with Gasteiger partial charge in [0.25, 0.3) is 0 Å². The average Bonchev–Trinajstić information content (AvgIpc) is 1.58. The van der Waals surface area contributed by atoms with E-state index in [9.17, 15) is 2.74 Å². The van der Waals surface area contributed by atoms with Crippen LogP contribution in [-0.2, 0) is 42.7 Å². The van der Waals surface area contributed by atoms with Gasteiger partial charge in [0.15, 0.2) is 0 Å². The monoisotopic (exact) mass is 1260 g/mol. The number of ether oxygens (including phenoxy) is 1. The van der Waals surface area contributed by atoms with Crippen molar-refractivity contribution in [1.82, 2.24) is 9.55 Å². The first-order valence-electron chi connectivity index (χ1n) is 32.4. The van der Waals surface area contributed by atoms with Crippen molar-refractivity contribution in [2.75, 3.05) is 9.80 Å². The number of para-hydroxylation sites is 3. The van der Waals surface area contributed by atoms with Crippen molar-refractivity contribution < 1.29 is 38.1 Å². The standard InChI is InChI=1S/C76H69N4O.Pt/c1-73(2,3)55-43-61(53-34-32-51(33-35-53)50-22-13-11-14-23-50)72(62(44-55)54-36-39-64-66(42-54)76(9,10)41-40-75(64,7)8)79-49-78(68-30-19-20-31-69(68)79)56-26-21-27-57(45-56)81-58-37-38-60-59-28-17-18-29-67(59)80(70(60)46-58)71-47-65(74(4,5)6)63(48-77-71)52-24-15-12-16-25-52;/h11-39,42-44,47-49H,40-41H2,1-10H3;/q-3;/i12D,15D,16D,17D,18D,24D,25D,28D,29D;. The van der Waals surface area contributed by atoms with Gasteiger partial charge in [0.05, 0.1) is 12.3 Å². The normalized spacial score (nSPS) is 16.1. The van der Waals surface area contributed by atoms with Crippen LogP contribution < -0.4 is 14.5 Å². The molecule has 0 saturated carbocycles. The van der Waals surface area contributed by atoms with E-state index < -0.39 is 35.6 Å². The van der Waals surface area contributed by atoms with Crippen LogP contribution in [0.15, 0.2) is 206 Å². The molecule has 412 valence electrons. The summed E-state index contributed by atoms with van der Waals surface area (Å²) in [7, 11) is 0. The summed E-state index contributed by atoms with van der Waals surface area (Å²) in [6.45, 7) is 24.4. The summed E-state index contributed by atoms with van der Waals surface area (Å²) < 4.78 is 87.5. The van der Waals surface area contributed by atoms with Crippen molar-refractivity contribution in [3.63, 3.8) is 0 Å². The van der Waals surface area contributed by atoms with E-state index in [1.807, 2.05) is 51.1 Å². The van der Waals surface area contributed by atoms with Gasteiger partial charge in [-0.25, -0.2) is 4.98 Å². The van der Waals surface area contributed by atoms with E-state index in [0.717, 1.165) is 63.3 Å². The van der Waals surface area contributed by atoms with E-state index in [-0.39, 0.29) is 89.5 Å². The first-order chi connectivity index (χ1) is 42.6. The predicted octanol–water partition coefficient (Wildman–Crippen LogP) is 20.6. The minimum Gasteiger partial charge on any atom is -0.509 e. The van der Waals surface area contributed by atoms with Crippen molar-refractivity contribution in [2.45, 2.75) is 104 Å². The number of fused-ring (bicyclic) bond motifs is 5. The van der Waals surface area contributed by atoms with Gasteiger partial charge in [-0.05, 0) is 126 Å². The van der Waals surface area contributed by atoms with Crippen LogP contribution in [0, 0.1) is 18.8 Å². The second-order valence-corrected chi connectivity index (χ2v) is 25.0. The molecule has 2 aliphatic rings. The molecule has 1 aliphatic carbocycles. The third-order valence-corrected chi connectivity index (χ3v) is 16.5. The van der Waals surface area contributed by atoms with Gasteiger partial charge in [-0.3, -0.25) is 0 Å². The predicted molar refractivity (Wildman–Crippen MR) is 339 cm³/mol. The fourth-order valence-electron chi connectivity index (χ4n) is 11.9. The summed E-state index contributed by atoms with van der Waals surface area (Å²) in [5.41, 5.74) is 15.0. The Hall–Kier alpha value is -7.98. The SMILES string of the molecule is [2H]c1c([2H])c([2H])c(-c2cnc(-n3c4[c-]c(Oc5[c-]c(N6[CH-]N(c7c(-c8ccc(-c9ccccc9)cc8)cc(C(C)(C)C)cc7-c7ccc8c(c7)C(C)(C)CCC8(C)C)c7ccccc76)ccc5)ccc4c4c([2H])c([2H])c([2H])c([2H])c43)cc2C(C)(C)C)c([2H])c1[2H].[Pt]. The smallest absolute Gasteiger partial charge is 0.135 e. The molecule has 82 heavy (non-hydrogen) atoms. The first kappa shape index (κ1) is 44.6. The van der Waals surface area contributed by atoms with Gasteiger partial charge in [0.1, 0.15) is 5.82 Å². The van der Waals surface area contributed by atoms with Gasteiger partial charge in [0, 0.05) is 78.0 Å². The Morgan fingerprint density at radius 3 is 1.88 bits per heavy atom. The van der Waals surface area contributed by atoms with Crippen LogP contribution in [0.25, 0.3) is 72.1 Å². The fourth-order valence-corrected chi connectivity index (χ4v) is 11.9. The topological polar surface area (TPSA) is 33.5 Å². The zero-order valence-electron chi connectivity index (χ0n) is 56.9. The summed E-state index contributed by atoms with van der Waals surface area (Å²) >= 11 is 0. The molecule has 3 heterocycles. The van der Waals surface area contributed by atoms with Gasteiger partial charge in [-0.2, -0.15) is 12.1 Å². The number of nitrogens with zero attached hydrogens (tertiary/aromatic N) is 4. The zero-order valence-corrected chi connectivity index (χ0v) is 50.2. The molecule has 5 nitrogen and oxygen atoms in total. The average molecular weight is 1260 g/mol. The molecule has 2 aromatic heterocycles. The zero-order chi connectivity index (χ0) is 63.8. The van der Waals surface area contributed by atoms with Crippen molar-refractivity contribution in [2.24, 2.45) is 0 Å². The molecule has 0 amide bonds. The number of anilines is 4. The number of hydrogen-bond donors (Lipinski definition) is 0. The molecule has 0 N–H and O–H groups in total. The summed E-state index contributed by atoms with van der Waals surface area (Å²) in [6, 6.07) is 54.3. The Morgan fingerprint density at radius 2 is 1.16 bits per heavy atom. The Labute approximate surface area is 512 Å². The van der Waals surface area contributed by atoms with Gasteiger partial charge >= 0.3 is 0 Å². The quantitative estimate of drug-likeness (QED) is 0.135. The Kier molecular flexibility index (Phi) is 11.3. The van der Waals surface area contributed by atoms with E-state index in [1.54, 1.807) is 22.8 Å². The van der Waals surface area contributed by atoms with Crippen molar-refractivity contribution >= 4 is 44.6 Å². The number of aromatic nitrogens is 2. The molecule has 9 aromatic carbocycles. The third-order valence-electron chi connectivity index (χ3n) is 16.5. The van der Waals surface area contributed by atoms with Gasteiger partial charge < -0.3 is 19.1 Å². The van der Waals surface area contributed by atoms with Gasteiger partial charge in [-0.15, -0.1) is 48.1 Å². The molecular weight excluding hydrogens is 1180 g/mol. The van der Waals surface area contributed by atoms with Gasteiger partial charge in [-0.1, -0.05) is 208 Å². The molecule has 1 aliphatic heterocycles. The van der Waals surface area contributed by atoms with Gasteiger partial charge in [0.2, 0.25) is 0 Å². The summed E-state index contributed by atoms with van der Waals surface area (Å²) in [5, 5.41) is 0.737. The Balaban J connectivity index is 0.00000800. The van der Waals surface area contributed by atoms with E-state index in [0.29, 0.717) is 33.5 Å². The summed E-state index contributed by atoms with van der Waals surface area (Å²) in [6.07, 6.45) is 3.69. The number of pyridine rings is 1. The van der Waals surface area contributed by atoms with Crippen LogP contribution in [0.2, 0.25) is 0 Å². The Bertz CT molecular complexity index is 4730. The molecule has 0 bridgehead atoms. The molecule has 0 spiro atoms. The third kappa shape index (κ3) is 9.85. The van der Waals surface area contributed by atoms with Crippen LogP contribution in [0.1, 0.15) is 117 Å². The number of rotatable bonds is 9. The van der Waals surface area contributed by atoms with Crippen molar-refractivity contribution in [3.8, 4) is 61.8 Å². The molecule has 0 unspecified atom stereocenters. The fraction of sp³-hybridized carbons (Fsp3) is 0.211.